The number of hydrogen-bond acceptors (Lipinski definition) is 8. The van der Waals surface area contributed by atoms with Gasteiger partial charge in [0.1, 0.15) is 17.8 Å². The highest BCUT2D eigenvalue weighted by atomic mass is 19.1. The van der Waals surface area contributed by atoms with Gasteiger partial charge in [-0.05, 0) is 19.1 Å². The number of nitrogens with one attached hydrogen (secondary N) is 1. The van der Waals surface area contributed by atoms with Crippen molar-refractivity contribution in [3.05, 3.63) is 66.0 Å². The highest BCUT2D eigenvalue weighted by Gasteiger charge is 2.35. The SMILES string of the molecule is C[C@@H](NC(=O)c1ccc(F)nc1)C(=O)N1CCN(c2c(F)cc(N3C[C@H](Cn4ccnn4)OC3=O)cc2F)CC1. The second-order valence-electron chi connectivity index (χ2n) is 9.38. The van der Waals surface area contributed by atoms with Gasteiger partial charge in [-0.2, -0.15) is 4.39 Å². The lowest BCUT2D eigenvalue weighted by molar-refractivity contribution is -0.133. The Bertz CT molecular complexity index is 1370. The highest BCUT2D eigenvalue weighted by Crippen LogP contribution is 2.31. The monoisotopic (exact) mass is 558 g/mol. The quantitative estimate of drug-likeness (QED) is 0.434. The standard InChI is InChI=1S/C25H25F3N8O4/c1-15(31-23(37)16-2-3-21(28)29-12-16)24(38)34-8-6-33(7-9-34)22-19(26)10-17(11-20(22)27)36-14-18(40-25(36)39)13-35-5-4-30-32-35/h2-5,10-12,15,18H,6-9,13-14H2,1H3,(H,31,37)/t15-,18+/m1/s1. The molecular formula is C25H25F3N8O4. The molecule has 3 amide bonds. The number of benzene rings is 1. The smallest absolute Gasteiger partial charge is 0.414 e. The number of nitrogens with zero attached hydrogens (tertiary/aromatic N) is 7. The van der Waals surface area contributed by atoms with E-state index in [9.17, 15) is 18.8 Å². The number of carbonyl (C=O) groups excluding carboxylic acids is 3. The minimum Gasteiger partial charge on any atom is -0.442 e. The summed E-state index contributed by atoms with van der Waals surface area (Å²) in [6.45, 7) is 2.48. The summed E-state index contributed by atoms with van der Waals surface area (Å²) in [6, 6.07) is 3.57. The molecule has 2 saturated heterocycles. The highest BCUT2D eigenvalue weighted by molar-refractivity contribution is 5.97. The first-order valence-electron chi connectivity index (χ1n) is 12.5. The van der Waals surface area contributed by atoms with Gasteiger partial charge in [-0.25, -0.2) is 23.2 Å². The molecule has 2 aliphatic rings. The molecule has 15 heteroatoms. The van der Waals surface area contributed by atoms with E-state index in [2.05, 4.69) is 20.6 Å². The van der Waals surface area contributed by atoms with Gasteiger partial charge in [0.25, 0.3) is 5.91 Å². The van der Waals surface area contributed by atoms with Crippen LogP contribution in [0, 0.1) is 17.6 Å². The largest absolute Gasteiger partial charge is 0.442 e. The fourth-order valence-corrected chi connectivity index (χ4v) is 4.65. The van der Waals surface area contributed by atoms with Crippen molar-refractivity contribution in [3.63, 3.8) is 0 Å². The maximum absolute atomic E-state index is 15.2. The number of amides is 3. The molecule has 0 aliphatic carbocycles. The number of carbonyl (C=O) groups is 3. The zero-order valence-electron chi connectivity index (χ0n) is 21.3. The molecule has 1 aromatic carbocycles. The van der Waals surface area contributed by atoms with E-state index in [1.165, 1.54) is 33.7 Å². The molecule has 12 nitrogen and oxygen atoms in total. The summed E-state index contributed by atoms with van der Waals surface area (Å²) in [5, 5.41) is 10.1. The van der Waals surface area contributed by atoms with Crippen LogP contribution < -0.4 is 15.1 Å². The third-order valence-electron chi connectivity index (χ3n) is 6.67. The van der Waals surface area contributed by atoms with Crippen LogP contribution in [-0.2, 0) is 16.1 Å². The first-order valence-corrected chi connectivity index (χ1v) is 12.5. The number of hydrogen-bond donors (Lipinski definition) is 1. The lowest BCUT2D eigenvalue weighted by Gasteiger charge is -2.37. The number of pyridine rings is 1. The van der Waals surface area contributed by atoms with Crippen LogP contribution in [0.15, 0.2) is 42.9 Å². The minimum absolute atomic E-state index is 0.0274. The third-order valence-corrected chi connectivity index (χ3v) is 6.67. The Labute approximate surface area is 226 Å². The molecule has 5 rings (SSSR count). The van der Waals surface area contributed by atoms with Gasteiger partial charge in [-0.1, -0.05) is 5.21 Å². The number of cyclic esters (lactones) is 1. The maximum atomic E-state index is 15.2. The number of anilines is 2. The molecular weight excluding hydrogens is 533 g/mol. The van der Waals surface area contributed by atoms with Crippen molar-refractivity contribution in [2.45, 2.75) is 25.6 Å². The van der Waals surface area contributed by atoms with Gasteiger partial charge in [0.05, 0.1) is 30.5 Å². The Balaban J connectivity index is 1.18. The summed E-state index contributed by atoms with van der Waals surface area (Å²) >= 11 is 0. The molecule has 2 aliphatic heterocycles. The van der Waals surface area contributed by atoms with E-state index in [0.717, 1.165) is 29.3 Å². The maximum Gasteiger partial charge on any atom is 0.414 e. The van der Waals surface area contributed by atoms with Crippen molar-refractivity contribution < 1.29 is 32.3 Å². The molecule has 0 radical (unpaired) electrons. The van der Waals surface area contributed by atoms with Gasteiger partial charge < -0.3 is 19.9 Å². The summed E-state index contributed by atoms with van der Waals surface area (Å²) in [4.78, 5) is 45.1. The van der Waals surface area contributed by atoms with Crippen LogP contribution >= 0.6 is 0 Å². The van der Waals surface area contributed by atoms with Crippen molar-refractivity contribution in [1.29, 1.82) is 0 Å². The summed E-state index contributed by atoms with van der Waals surface area (Å²) in [5.41, 5.74) is -0.125. The van der Waals surface area contributed by atoms with E-state index >= 15 is 8.78 Å². The number of rotatable bonds is 7. The van der Waals surface area contributed by atoms with Crippen LogP contribution in [0.25, 0.3) is 0 Å². The van der Waals surface area contributed by atoms with Gasteiger partial charge in [-0.15, -0.1) is 5.10 Å². The van der Waals surface area contributed by atoms with Crippen LogP contribution in [0.4, 0.5) is 29.3 Å². The van der Waals surface area contributed by atoms with E-state index in [0.29, 0.717) is 0 Å². The predicted octanol–water partition coefficient (Wildman–Crippen LogP) is 1.58. The van der Waals surface area contributed by atoms with Crippen LogP contribution in [0.3, 0.4) is 0 Å². The Morgan fingerprint density at radius 3 is 2.48 bits per heavy atom. The Hall–Kier alpha value is -4.69. The van der Waals surface area contributed by atoms with Gasteiger partial charge in [0.2, 0.25) is 11.9 Å². The number of halogens is 3. The Kier molecular flexibility index (Phi) is 7.53. The molecule has 0 saturated carbocycles. The van der Waals surface area contributed by atoms with Crippen molar-refractivity contribution >= 4 is 29.3 Å². The molecule has 4 heterocycles. The molecule has 2 fully saturated rings. The number of ether oxygens (including phenoxy) is 1. The fraction of sp³-hybridized carbons (Fsp3) is 0.360. The summed E-state index contributed by atoms with van der Waals surface area (Å²) in [6.07, 6.45) is 2.88. The average molecular weight is 559 g/mol. The Morgan fingerprint density at radius 2 is 1.85 bits per heavy atom. The fourth-order valence-electron chi connectivity index (χ4n) is 4.65. The van der Waals surface area contributed by atoms with Gasteiger partial charge >= 0.3 is 6.09 Å². The second kappa shape index (κ2) is 11.2. The summed E-state index contributed by atoms with van der Waals surface area (Å²) in [7, 11) is 0. The Morgan fingerprint density at radius 1 is 1.12 bits per heavy atom. The first-order chi connectivity index (χ1) is 19.2. The molecule has 210 valence electrons. The van der Waals surface area contributed by atoms with Crippen molar-refractivity contribution in [1.82, 2.24) is 30.2 Å². The van der Waals surface area contributed by atoms with Crippen LogP contribution in [0.5, 0.6) is 0 Å². The first kappa shape index (κ1) is 26.9. The molecule has 1 N–H and O–H groups in total. The summed E-state index contributed by atoms with van der Waals surface area (Å²) in [5.74, 6) is -3.38. The van der Waals surface area contributed by atoms with Crippen LogP contribution in [0.2, 0.25) is 0 Å². The second-order valence-corrected chi connectivity index (χ2v) is 9.38. The minimum atomic E-state index is -0.884. The van der Waals surface area contributed by atoms with E-state index in [1.54, 1.807) is 6.20 Å². The molecule has 2 atom stereocenters. The molecule has 40 heavy (non-hydrogen) atoms. The van der Waals surface area contributed by atoms with E-state index < -0.39 is 41.7 Å². The molecule has 0 spiro atoms. The van der Waals surface area contributed by atoms with Crippen molar-refractivity contribution in [2.24, 2.45) is 0 Å². The molecule has 0 unspecified atom stereocenters. The lowest BCUT2D eigenvalue weighted by Crippen LogP contribution is -2.54. The van der Waals surface area contributed by atoms with E-state index in [1.807, 2.05) is 0 Å². The lowest BCUT2D eigenvalue weighted by atomic mass is 10.1. The van der Waals surface area contributed by atoms with Crippen molar-refractivity contribution in [2.75, 3.05) is 42.5 Å². The topological polar surface area (TPSA) is 126 Å². The normalized spacial score (nSPS) is 18.1. The van der Waals surface area contributed by atoms with Gasteiger partial charge in [-0.3, -0.25) is 14.5 Å². The molecule has 2 aromatic heterocycles. The zero-order chi connectivity index (χ0) is 28.4. The summed E-state index contributed by atoms with van der Waals surface area (Å²) < 4.78 is 50.1. The van der Waals surface area contributed by atoms with Gasteiger partial charge in [0, 0.05) is 50.7 Å². The van der Waals surface area contributed by atoms with Crippen molar-refractivity contribution in [3.8, 4) is 0 Å². The van der Waals surface area contributed by atoms with Gasteiger partial charge in [0.15, 0.2) is 11.6 Å². The average Bonchev–Trinajstić information content (AvgIpc) is 3.58. The van der Waals surface area contributed by atoms with Crippen LogP contribution in [0.1, 0.15) is 17.3 Å². The van der Waals surface area contributed by atoms with E-state index in [4.69, 9.17) is 4.74 Å². The van der Waals surface area contributed by atoms with Crippen LogP contribution in [-0.4, -0.2) is 87.7 Å². The third kappa shape index (κ3) is 5.67. The molecule has 3 aromatic rings. The number of piperazine rings is 1. The molecule has 0 bridgehead atoms. The number of aromatic nitrogens is 4. The predicted molar refractivity (Wildman–Crippen MR) is 134 cm³/mol. The zero-order valence-corrected chi connectivity index (χ0v) is 21.3. The van der Waals surface area contributed by atoms with E-state index in [-0.39, 0.29) is 62.1 Å².